The van der Waals surface area contributed by atoms with Crippen molar-refractivity contribution in [3.63, 3.8) is 0 Å². The van der Waals surface area contributed by atoms with E-state index in [4.69, 9.17) is 28.7 Å². The third kappa shape index (κ3) is 27.8. The molecule has 0 spiro atoms. The lowest BCUT2D eigenvalue weighted by molar-refractivity contribution is -0.143. The van der Waals surface area contributed by atoms with Gasteiger partial charge in [0, 0.05) is 6.54 Å². The Balaban J connectivity index is 3.42. The molecule has 506 valence electrons. The highest BCUT2D eigenvalue weighted by Crippen LogP contribution is 2.21. The number of carboxylic acids is 1. The van der Waals surface area contributed by atoms with E-state index >= 15 is 0 Å². The first-order valence-electron chi connectivity index (χ1n) is 32.4. The summed E-state index contributed by atoms with van der Waals surface area (Å²) in [6.45, 7) is 20.8. The fraction of sp³-hybridized carbons (Fsp3) is 0.820. The molecule has 88 heavy (non-hydrogen) atoms. The largest absolute Gasteiger partial charge is 0.480 e. The molecule has 20 N–H and O–H groups in total. The Morgan fingerprint density at radius 1 is 0.443 bits per heavy atom. The number of hydrogen-bond donors (Lipinski definition) is 15. The lowest BCUT2D eigenvalue weighted by atomic mass is 9.95. The summed E-state index contributed by atoms with van der Waals surface area (Å²) in [5, 5.41) is 34.7. The van der Waals surface area contributed by atoms with Crippen LogP contribution in [0.5, 0.6) is 0 Å². The van der Waals surface area contributed by atoms with Crippen molar-refractivity contribution in [2.24, 2.45) is 58.3 Å². The van der Waals surface area contributed by atoms with Crippen LogP contribution in [0.25, 0.3) is 0 Å². The molecule has 27 heteroatoms. The van der Waals surface area contributed by atoms with E-state index in [1.807, 2.05) is 41.5 Å². The fourth-order valence-electron chi connectivity index (χ4n) is 10.2. The number of aliphatic carboxylic acids is 1. The third-order valence-corrected chi connectivity index (χ3v) is 16.6. The van der Waals surface area contributed by atoms with Crippen LogP contribution in [-0.2, 0) is 52.7 Å². The van der Waals surface area contributed by atoms with Crippen molar-refractivity contribution < 1.29 is 57.8 Å². The minimum atomic E-state index is -1.22. The zero-order valence-electron chi connectivity index (χ0n) is 54.8. The molecule has 14 atom stereocenters. The maximum Gasteiger partial charge on any atom is 0.326 e. The van der Waals surface area contributed by atoms with Crippen molar-refractivity contribution in [1.29, 1.82) is 0 Å². The minimum Gasteiger partial charge on any atom is -0.480 e. The average Bonchev–Trinajstić information content (AvgIpc) is 4.21. The molecular formula is C61H115N15O12. The quantitative estimate of drug-likeness (QED) is 0.0360. The van der Waals surface area contributed by atoms with Crippen molar-refractivity contribution in [2.45, 2.75) is 258 Å². The summed E-state index contributed by atoms with van der Waals surface area (Å²) < 4.78 is 0. The molecule has 1 saturated heterocycles. The number of carbonyl (C=O) groups is 11. The molecule has 0 aromatic heterocycles. The highest BCUT2D eigenvalue weighted by Gasteiger charge is 2.41. The maximum atomic E-state index is 14.4. The summed E-state index contributed by atoms with van der Waals surface area (Å²) in [6.07, 6.45) is 6.76. The smallest absolute Gasteiger partial charge is 0.326 e. The number of nitrogens with zero attached hydrogens (tertiary/aromatic N) is 1. The normalized spacial score (nSPS) is 17.7. The summed E-state index contributed by atoms with van der Waals surface area (Å²) in [5.41, 5.74) is 29.3. The van der Waals surface area contributed by atoms with Gasteiger partial charge in [0.05, 0.1) is 6.04 Å². The second-order valence-electron chi connectivity index (χ2n) is 24.7. The molecule has 27 nitrogen and oxygen atoms in total. The van der Waals surface area contributed by atoms with E-state index < -0.39 is 149 Å². The number of likely N-dealkylation sites (tertiary alicyclic amines) is 1. The van der Waals surface area contributed by atoms with Gasteiger partial charge in [0.1, 0.15) is 60.4 Å². The average molecular weight is 1250 g/mol. The van der Waals surface area contributed by atoms with Crippen LogP contribution in [0.15, 0.2) is 0 Å². The van der Waals surface area contributed by atoms with Gasteiger partial charge in [0.2, 0.25) is 59.1 Å². The molecule has 10 amide bonds. The third-order valence-electron chi connectivity index (χ3n) is 16.6. The highest BCUT2D eigenvalue weighted by molar-refractivity contribution is 5.99. The van der Waals surface area contributed by atoms with Gasteiger partial charge in [-0.2, -0.15) is 0 Å². The lowest BCUT2D eigenvalue weighted by Crippen LogP contribution is -2.61. The number of hydrogen-bond acceptors (Lipinski definition) is 16. The second kappa shape index (κ2) is 42.8. The van der Waals surface area contributed by atoms with E-state index in [9.17, 15) is 57.8 Å². The van der Waals surface area contributed by atoms with E-state index in [1.165, 1.54) is 11.8 Å². The van der Waals surface area contributed by atoms with E-state index in [1.54, 1.807) is 27.7 Å². The Hall–Kier alpha value is -6.03. The molecule has 1 aliphatic heterocycles. The number of nitrogens with two attached hydrogens (primary N) is 5. The second-order valence-corrected chi connectivity index (χ2v) is 24.7. The Bertz CT molecular complexity index is 2210. The van der Waals surface area contributed by atoms with Crippen LogP contribution in [0.4, 0.5) is 0 Å². The Morgan fingerprint density at radius 2 is 0.795 bits per heavy atom. The molecule has 0 bridgehead atoms. The minimum absolute atomic E-state index is 0.0600. The van der Waals surface area contributed by atoms with Gasteiger partial charge < -0.3 is 86.5 Å². The summed E-state index contributed by atoms with van der Waals surface area (Å²) in [7, 11) is 0. The first kappa shape index (κ1) is 80.0. The molecular weight excluding hydrogens is 1130 g/mol. The molecule has 0 radical (unpaired) electrons. The van der Waals surface area contributed by atoms with E-state index in [-0.39, 0.29) is 70.0 Å². The molecule has 0 saturated carbocycles. The van der Waals surface area contributed by atoms with Crippen molar-refractivity contribution in [1.82, 2.24) is 52.8 Å². The molecule has 1 heterocycles. The Labute approximate surface area is 523 Å². The number of rotatable bonds is 45. The summed E-state index contributed by atoms with van der Waals surface area (Å²) in [4.78, 5) is 154. The maximum absolute atomic E-state index is 14.4. The van der Waals surface area contributed by atoms with Crippen LogP contribution in [0.1, 0.15) is 192 Å². The number of nitrogens with one attached hydrogen (secondary N) is 9. The predicted octanol–water partition coefficient (Wildman–Crippen LogP) is 0.129. The topological polar surface area (TPSA) is 450 Å². The summed E-state index contributed by atoms with van der Waals surface area (Å²) >= 11 is 0. The molecule has 0 aliphatic carbocycles. The molecule has 1 aliphatic rings. The van der Waals surface area contributed by atoms with Gasteiger partial charge in [-0.3, -0.25) is 47.9 Å². The van der Waals surface area contributed by atoms with Crippen molar-refractivity contribution in [3.05, 3.63) is 0 Å². The fourth-order valence-corrected chi connectivity index (χ4v) is 10.2. The zero-order chi connectivity index (χ0) is 66.8. The predicted molar refractivity (Wildman–Crippen MR) is 338 cm³/mol. The van der Waals surface area contributed by atoms with E-state index in [2.05, 4.69) is 47.9 Å². The standard InChI is InChI=1S/C61H115N15O12/c1-12-37(8)47(66)56(82)70-44(27-18-22-32-65)54(80)75-50(39(10)14-3)59(85)73-48(36(6)7)57(83)67-40(11)60(86)76-33-23-28-46(76)55(81)69-41(24-15-19-29-62)51(77)68-43(26-17-21-31-64)53(79)74-49(38(9)13-2)58(84)71-42(25-16-20-30-63)52(78)72-45(61(87)88)34-35(4)5/h35-50H,12-34,62-66H2,1-11H3,(H,67,83)(H,68,77)(H,69,81)(H,70,82)(H,71,84)(H,72,78)(H,73,85)(H,74,79)(H,75,80)(H,87,88)/t37-,38-,39-,40-,41-,42-,43-,44-,45-,46-,47-,48-,49-,50-/m0/s1. The van der Waals surface area contributed by atoms with Crippen LogP contribution in [0.3, 0.4) is 0 Å². The van der Waals surface area contributed by atoms with E-state index in [0.29, 0.717) is 90.1 Å². The first-order valence-corrected chi connectivity index (χ1v) is 32.4. The first-order chi connectivity index (χ1) is 41.6. The van der Waals surface area contributed by atoms with Crippen molar-refractivity contribution in [3.8, 4) is 0 Å². The SMILES string of the molecule is CC[C@H](C)[C@H](N)C(=O)N[C@@H](CCCCN)C(=O)N[C@H](C(=O)N[C@H](C(=O)N[C@@H](C)C(=O)N1CCC[C@H]1C(=O)N[C@@H](CCCCN)C(=O)N[C@@H](CCCCN)C(=O)N[C@H](C(=O)N[C@@H](CCCCN)C(=O)N[C@@H](CC(C)C)C(=O)O)[C@@H](C)CC)C(C)C)[C@@H](C)CC. The van der Waals surface area contributed by atoms with Crippen LogP contribution >= 0.6 is 0 Å². The summed E-state index contributed by atoms with van der Waals surface area (Å²) in [5.74, 6) is -9.34. The highest BCUT2D eigenvalue weighted by atomic mass is 16.4. The molecule has 1 rings (SSSR count). The van der Waals surface area contributed by atoms with Gasteiger partial charge in [-0.1, -0.05) is 88.5 Å². The summed E-state index contributed by atoms with van der Waals surface area (Å²) in [6, 6.07) is -12.4. The number of carbonyl (C=O) groups excluding carboxylic acids is 10. The molecule has 0 aromatic carbocycles. The van der Waals surface area contributed by atoms with Gasteiger partial charge in [-0.25, -0.2) is 4.79 Å². The molecule has 0 aromatic rings. The number of carboxylic acid groups (broad SMARTS) is 1. The van der Waals surface area contributed by atoms with Gasteiger partial charge in [0.25, 0.3) is 0 Å². The zero-order valence-corrected chi connectivity index (χ0v) is 54.8. The van der Waals surface area contributed by atoms with Crippen molar-refractivity contribution >= 4 is 65.0 Å². The number of amides is 10. The molecule has 0 unspecified atom stereocenters. The van der Waals surface area contributed by atoms with Gasteiger partial charge >= 0.3 is 5.97 Å². The van der Waals surface area contributed by atoms with Gasteiger partial charge in [-0.05, 0) is 159 Å². The van der Waals surface area contributed by atoms with Crippen molar-refractivity contribution in [2.75, 3.05) is 32.7 Å². The van der Waals surface area contributed by atoms with Crippen LogP contribution in [0.2, 0.25) is 0 Å². The number of unbranched alkanes of at least 4 members (excludes halogenated alkanes) is 4. The monoisotopic (exact) mass is 1250 g/mol. The van der Waals surface area contributed by atoms with Crippen LogP contribution in [0, 0.1) is 29.6 Å². The van der Waals surface area contributed by atoms with Gasteiger partial charge in [0.15, 0.2) is 0 Å². The van der Waals surface area contributed by atoms with E-state index in [0.717, 1.165) is 0 Å². The lowest BCUT2D eigenvalue weighted by Gasteiger charge is -2.31. The van der Waals surface area contributed by atoms with Gasteiger partial charge in [-0.15, -0.1) is 0 Å². The molecule has 1 fully saturated rings. The Morgan fingerprint density at radius 3 is 1.18 bits per heavy atom. The van der Waals surface area contributed by atoms with Crippen LogP contribution in [-0.4, -0.2) is 174 Å². The van der Waals surface area contributed by atoms with Crippen LogP contribution < -0.4 is 76.5 Å². The Kier molecular flexibility index (Phi) is 38.9.